The second kappa shape index (κ2) is 7.82. The molecule has 0 bridgehead atoms. The Labute approximate surface area is 185 Å². The quantitative estimate of drug-likeness (QED) is 0.286. The molecule has 5 rings (SSSR count). The summed E-state index contributed by atoms with van der Waals surface area (Å²) in [6.45, 7) is 0. The molecule has 0 aliphatic rings. The highest BCUT2D eigenvalue weighted by molar-refractivity contribution is 5.91. The van der Waals surface area contributed by atoms with Crippen molar-refractivity contribution in [3.8, 4) is 23.0 Å². The van der Waals surface area contributed by atoms with Crippen LogP contribution in [0.5, 0.6) is 23.0 Å². The molecule has 4 nitrogen and oxygen atoms in total. The van der Waals surface area contributed by atoms with Gasteiger partial charge in [-0.25, -0.2) is 0 Å². The van der Waals surface area contributed by atoms with E-state index in [1.165, 1.54) is 0 Å². The summed E-state index contributed by atoms with van der Waals surface area (Å²) in [7, 11) is 0. The van der Waals surface area contributed by atoms with Crippen LogP contribution >= 0.6 is 0 Å². The SMILES string of the molecule is Oc1ccc2c(O)c(Cc3ccc(Cc4cc5c(O)cccc5cc4O)cc3)ccc2c1. The van der Waals surface area contributed by atoms with Gasteiger partial charge in [-0.2, -0.15) is 0 Å². The maximum Gasteiger partial charge on any atom is 0.126 e. The van der Waals surface area contributed by atoms with Gasteiger partial charge >= 0.3 is 0 Å². The maximum atomic E-state index is 10.7. The molecule has 0 aliphatic heterocycles. The summed E-state index contributed by atoms with van der Waals surface area (Å²) in [5, 5.41) is 43.9. The largest absolute Gasteiger partial charge is 0.508 e. The number of benzene rings is 5. The molecular formula is C28H22O4. The highest BCUT2D eigenvalue weighted by atomic mass is 16.3. The van der Waals surface area contributed by atoms with E-state index in [0.717, 1.165) is 38.4 Å². The summed E-state index contributed by atoms with van der Waals surface area (Å²) in [6, 6.07) is 25.5. The van der Waals surface area contributed by atoms with Gasteiger partial charge in [0.1, 0.15) is 23.0 Å². The third-order valence-corrected chi connectivity index (χ3v) is 5.93. The number of rotatable bonds is 4. The topological polar surface area (TPSA) is 80.9 Å². The molecular weight excluding hydrogens is 400 g/mol. The van der Waals surface area contributed by atoms with Crippen LogP contribution in [-0.4, -0.2) is 20.4 Å². The molecule has 0 aromatic heterocycles. The van der Waals surface area contributed by atoms with E-state index in [4.69, 9.17) is 0 Å². The highest BCUT2D eigenvalue weighted by Gasteiger charge is 2.10. The summed E-state index contributed by atoms with van der Waals surface area (Å²) >= 11 is 0. The van der Waals surface area contributed by atoms with Crippen LogP contribution < -0.4 is 0 Å². The van der Waals surface area contributed by atoms with Crippen LogP contribution in [0.15, 0.2) is 84.9 Å². The molecule has 5 aromatic carbocycles. The number of phenolic OH excluding ortho intramolecular Hbond substituents is 4. The lowest BCUT2D eigenvalue weighted by Crippen LogP contribution is -1.93. The first kappa shape index (κ1) is 19.8. The average Bonchev–Trinajstić information content (AvgIpc) is 2.78. The van der Waals surface area contributed by atoms with E-state index >= 15 is 0 Å². The van der Waals surface area contributed by atoms with E-state index in [0.29, 0.717) is 18.2 Å². The summed E-state index contributed by atoms with van der Waals surface area (Å²) in [4.78, 5) is 0. The van der Waals surface area contributed by atoms with Crippen molar-refractivity contribution in [2.75, 3.05) is 0 Å². The van der Waals surface area contributed by atoms with E-state index in [-0.39, 0.29) is 23.0 Å². The van der Waals surface area contributed by atoms with Crippen LogP contribution in [0.2, 0.25) is 0 Å². The van der Waals surface area contributed by atoms with Crippen molar-refractivity contribution in [1.29, 1.82) is 0 Å². The van der Waals surface area contributed by atoms with Crippen molar-refractivity contribution in [1.82, 2.24) is 0 Å². The molecule has 4 N–H and O–H groups in total. The number of phenols is 4. The minimum atomic E-state index is 0.174. The van der Waals surface area contributed by atoms with Gasteiger partial charge in [0.2, 0.25) is 0 Å². The summed E-state index contributed by atoms with van der Waals surface area (Å²) in [6.07, 6.45) is 1.12. The fraction of sp³-hybridized carbons (Fsp3) is 0.0714. The smallest absolute Gasteiger partial charge is 0.126 e. The first-order valence-corrected chi connectivity index (χ1v) is 10.4. The number of aromatic hydroxyl groups is 4. The molecule has 0 saturated carbocycles. The third-order valence-electron chi connectivity index (χ3n) is 5.93. The molecule has 0 spiro atoms. The van der Waals surface area contributed by atoms with Gasteiger partial charge in [-0.1, -0.05) is 48.5 Å². The number of hydrogen-bond acceptors (Lipinski definition) is 4. The lowest BCUT2D eigenvalue weighted by Gasteiger charge is -2.11. The van der Waals surface area contributed by atoms with Crippen LogP contribution in [0.1, 0.15) is 22.3 Å². The van der Waals surface area contributed by atoms with Crippen LogP contribution in [0.25, 0.3) is 21.5 Å². The first-order chi connectivity index (χ1) is 15.5. The zero-order valence-corrected chi connectivity index (χ0v) is 17.3. The van der Waals surface area contributed by atoms with Crippen molar-refractivity contribution in [3.63, 3.8) is 0 Å². The molecule has 32 heavy (non-hydrogen) atoms. The fourth-order valence-corrected chi connectivity index (χ4v) is 4.19. The molecule has 4 heteroatoms. The Morgan fingerprint density at radius 3 is 1.94 bits per heavy atom. The van der Waals surface area contributed by atoms with Crippen LogP contribution in [0, 0.1) is 0 Å². The highest BCUT2D eigenvalue weighted by Crippen LogP contribution is 2.33. The number of hydrogen-bond donors (Lipinski definition) is 4. The normalized spacial score (nSPS) is 11.2. The molecule has 0 aliphatic carbocycles. The lowest BCUT2D eigenvalue weighted by atomic mass is 9.96. The third kappa shape index (κ3) is 3.67. The van der Waals surface area contributed by atoms with Gasteiger partial charge in [0.05, 0.1) is 0 Å². The Kier molecular flexibility index (Phi) is 4.83. The van der Waals surface area contributed by atoms with Crippen LogP contribution in [-0.2, 0) is 12.8 Å². The van der Waals surface area contributed by atoms with Gasteiger partial charge in [0, 0.05) is 23.6 Å². The molecule has 0 radical (unpaired) electrons. The Hall–Kier alpha value is -4.18. The first-order valence-electron chi connectivity index (χ1n) is 10.4. The van der Waals surface area contributed by atoms with Gasteiger partial charge in [-0.15, -0.1) is 0 Å². The Morgan fingerprint density at radius 2 is 1.19 bits per heavy atom. The summed E-state index contributed by atoms with van der Waals surface area (Å²) < 4.78 is 0. The second-order valence-electron chi connectivity index (χ2n) is 8.13. The van der Waals surface area contributed by atoms with Crippen molar-refractivity contribution in [2.45, 2.75) is 12.8 Å². The minimum Gasteiger partial charge on any atom is -0.508 e. The van der Waals surface area contributed by atoms with Crippen LogP contribution in [0.4, 0.5) is 0 Å². The van der Waals surface area contributed by atoms with Gasteiger partial charge in [-0.05, 0) is 69.4 Å². The molecule has 0 fully saturated rings. The van der Waals surface area contributed by atoms with E-state index in [1.807, 2.05) is 48.5 Å². The van der Waals surface area contributed by atoms with Gasteiger partial charge in [0.25, 0.3) is 0 Å². The second-order valence-corrected chi connectivity index (χ2v) is 8.13. The fourth-order valence-electron chi connectivity index (χ4n) is 4.19. The predicted molar refractivity (Wildman–Crippen MR) is 127 cm³/mol. The van der Waals surface area contributed by atoms with Gasteiger partial charge in [-0.3, -0.25) is 0 Å². The Morgan fingerprint density at radius 1 is 0.500 bits per heavy atom. The van der Waals surface area contributed by atoms with Crippen molar-refractivity contribution >= 4 is 21.5 Å². The molecule has 5 aromatic rings. The zero-order chi connectivity index (χ0) is 22.2. The molecule has 0 heterocycles. The van der Waals surface area contributed by atoms with Crippen molar-refractivity contribution in [3.05, 3.63) is 107 Å². The summed E-state index contributed by atoms with van der Waals surface area (Å²) in [5.41, 5.74) is 3.67. The molecule has 0 unspecified atom stereocenters. The molecule has 0 atom stereocenters. The van der Waals surface area contributed by atoms with E-state index in [1.54, 1.807) is 36.4 Å². The molecule has 0 saturated heterocycles. The minimum absolute atomic E-state index is 0.174. The van der Waals surface area contributed by atoms with Crippen LogP contribution in [0.3, 0.4) is 0 Å². The predicted octanol–water partition coefficient (Wildman–Crippen LogP) is 6.00. The summed E-state index contributed by atoms with van der Waals surface area (Å²) in [5.74, 6) is 0.809. The molecule has 0 amide bonds. The van der Waals surface area contributed by atoms with E-state index in [2.05, 4.69) is 0 Å². The zero-order valence-electron chi connectivity index (χ0n) is 17.3. The monoisotopic (exact) mass is 422 g/mol. The lowest BCUT2D eigenvalue weighted by molar-refractivity contribution is 0.469. The Balaban J connectivity index is 1.38. The van der Waals surface area contributed by atoms with Gasteiger partial charge in [0.15, 0.2) is 0 Å². The Bertz CT molecular complexity index is 1450. The van der Waals surface area contributed by atoms with E-state index in [9.17, 15) is 20.4 Å². The average molecular weight is 422 g/mol. The van der Waals surface area contributed by atoms with E-state index < -0.39 is 0 Å². The molecule has 158 valence electrons. The van der Waals surface area contributed by atoms with Crippen molar-refractivity contribution in [2.24, 2.45) is 0 Å². The van der Waals surface area contributed by atoms with Gasteiger partial charge < -0.3 is 20.4 Å². The van der Waals surface area contributed by atoms with Crippen molar-refractivity contribution < 1.29 is 20.4 Å². The number of fused-ring (bicyclic) bond motifs is 2. The maximum absolute atomic E-state index is 10.7. The standard InChI is InChI=1S/C28H22O4/c29-23-10-11-24-20(14-23)8-9-21(28(24)32)12-17-4-6-18(7-5-17)13-22-15-25-19(16-27(22)31)2-1-3-26(25)30/h1-11,14-16,29-32H,12-13H2.